The summed E-state index contributed by atoms with van der Waals surface area (Å²) in [6, 6.07) is 0. The molecule has 1 saturated heterocycles. The maximum absolute atomic E-state index is 11.9. The smallest absolute Gasteiger partial charge is 0.313 e. The van der Waals surface area contributed by atoms with E-state index in [0.29, 0.717) is 0 Å². The van der Waals surface area contributed by atoms with E-state index in [9.17, 15) is 9.59 Å². The quantitative estimate of drug-likeness (QED) is 0.590. The molecule has 0 aliphatic carbocycles. The molecule has 2 atom stereocenters. The first-order valence-electron chi connectivity index (χ1n) is 7.49. The summed E-state index contributed by atoms with van der Waals surface area (Å²) < 4.78 is 5.65. The first-order chi connectivity index (χ1) is 9.46. The highest BCUT2D eigenvalue weighted by atomic mass is 16.7. The third-order valence-electron chi connectivity index (χ3n) is 5.10. The van der Waals surface area contributed by atoms with Gasteiger partial charge in [-0.1, -0.05) is 13.8 Å². The molecule has 1 fully saturated rings. The standard InChI is InChI=1S/C16H29NO4/c1-10(18)9-13(19)21-14-11(2)15(4,5)17(20-8)16(6,7)12(14)3/h11-12,14H,9H2,1-8H3. The number of hydrogen-bond acceptors (Lipinski definition) is 5. The molecular formula is C16H29NO4. The Morgan fingerprint density at radius 3 is 1.81 bits per heavy atom. The fraction of sp³-hybridized carbons (Fsp3) is 0.875. The van der Waals surface area contributed by atoms with Gasteiger partial charge in [0.15, 0.2) is 0 Å². The van der Waals surface area contributed by atoms with Crippen LogP contribution in [0.3, 0.4) is 0 Å². The van der Waals surface area contributed by atoms with E-state index >= 15 is 0 Å². The fourth-order valence-electron chi connectivity index (χ4n) is 3.42. The van der Waals surface area contributed by atoms with Gasteiger partial charge in [0.25, 0.3) is 0 Å². The Morgan fingerprint density at radius 2 is 1.48 bits per heavy atom. The van der Waals surface area contributed by atoms with E-state index in [2.05, 4.69) is 41.5 Å². The van der Waals surface area contributed by atoms with Gasteiger partial charge in [-0.05, 0) is 34.6 Å². The van der Waals surface area contributed by atoms with Gasteiger partial charge in [0, 0.05) is 22.9 Å². The van der Waals surface area contributed by atoms with Crippen LogP contribution >= 0.6 is 0 Å². The number of esters is 1. The second-order valence-electron chi connectivity index (χ2n) is 7.19. The van der Waals surface area contributed by atoms with Crippen molar-refractivity contribution < 1.29 is 19.2 Å². The van der Waals surface area contributed by atoms with Crippen LogP contribution in [0.4, 0.5) is 0 Å². The Hall–Kier alpha value is -0.940. The van der Waals surface area contributed by atoms with Gasteiger partial charge in [0.05, 0.1) is 7.11 Å². The lowest BCUT2D eigenvalue weighted by Gasteiger charge is -2.59. The summed E-state index contributed by atoms with van der Waals surface area (Å²) in [5.41, 5.74) is -0.572. The van der Waals surface area contributed by atoms with Crippen LogP contribution in [0.2, 0.25) is 0 Å². The van der Waals surface area contributed by atoms with Crippen LogP contribution in [0.25, 0.3) is 0 Å². The van der Waals surface area contributed by atoms with Crippen molar-refractivity contribution in [1.82, 2.24) is 5.06 Å². The summed E-state index contributed by atoms with van der Waals surface area (Å²) in [6.07, 6.45) is -0.404. The highest BCUT2D eigenvalue weighted by Crippen LogP contribution is 2.46. The lowest BCUT2D eigenvalue weighted by molar-refractivity contribution is -0.311. The molecule has 1 heterocycles. The molecule has 0 radical (unpaired) electrons. The van der Waals surface area contributed by atoms with E-state index in [1.165, 1.54) is 6.92 Å². The number of Topliss-reactive ketones (excluding diaryl/α,β-unsaturated/α-hetero) is 1. The summed E-state index contributed by atoms with van der Waals surface area (Å²) >= 11 is 0. The summed E-state index contributed by atoms with van der Waals surface area (Å²) in [5, 5.41) is 1.99. The second-order valence-corrected chi connectivity index (χ2v) is 7.19. The third kappa shape index (κ3) is 3.29. The lowest BCUT2D eigenvalue weighted by Crippen LogP contribution is -2.69. The summed E-state index contributed by atoms with van der Waals surface area (Å²) in [7, 11) is 1.67. The van der Waals surface area contributed by atoms with Crippen molar-refractivity contribution in [2.75, 3.05) is 7.11 Å². The number of ether oxygens (including phenoxy) is 1. The van der Waals surface area contributed by atoms with Gasteiger partial charge in [0.1, 0.15) is 18.3 Å². The van der Waals surface area contributed by atoms with Crippen molar-refractivity contribution in [3.8, 4) is 0 Å². The van der Waals surface area contributed by atoms with Crippen molar-refractivity contribution in [2.24, 2.45) is 11.8 Å². The molecule has 0 aromatic carbocycles. The van der Waals surface area contributed by atoms with Crippen molar-refractivity contribution in [2.45, 2.75) is 72.1 Å². The lowest BCUT2D eigenvalue weighted by atomic mass is 9.67. The van der Waals surface area contributed by atoms with E-state index in [-0.39, 0.29) is 41.2 Å². The molecule has 1 rings (SSSR count). The van der Waals surface area contributed by atoms with E-state index in [4.69, 9.17) is 9.57 Å². The molecule has 0 N–H and O–H groups in total. The van der Waals surface area contributed by atoms with Gasteiger partial charge in [-0.2, -0.15) is 5.06 Å². The maximum atomic E-state index is 11.9. The molecule has 1 aliphatic heterocycles. The van der Waals surface area contributed by atoms with Gasteiger partial charge >= 0.3 is 5.97 Å². The third-order valence-corrected chi connectivity index (χ3v) is 5.10. The summed E-state index contributed by atoms with van der Waals surface area (Å²) in [4.78, 5) is 28.6. The number of ketones is 1. The normalized spacial score (nSPS) is 31.7. The maximum Gasteiger partial charge on any atom is 0.313 e. The molecule has 0 aromatic heterocycles. The minimum atomic E-state index is -0.441. The average Bonchev–Trinajstić information content (AvgIpc) is 2.32. The molecule has 5 heteroatoms. The molecule has 2 unspecified atom stereocenters. The Balaban J connectivity index is 3.05. The number of nitrogens with zero attached hydrogens (tertiary/aromatic N) is 1. The number of carbonyl (C=O) groups is 2. The minimum Gasteiger partial charge on any atom is -0.461 e. The van der Waals surface area contributed by atoms with Gasteiger partial charge in [0.2, 0.25) is 0 Å². The number of carbonyl (C=O) groups excluding carboxylic acids is 2. The number of rotatable bonds is 4. The largest absolute Gasteiger partial charge is 0.461 e. The SMILES string of the molecule is CON1C(C)(C)C(C)C(OC(=O)CC(C)=O)C(C)C1(C)C. The molecule has 0 saturated carbocycles. The Kier molecular flexibility index (Phi) is 5.22. The average molecular weight is 299 g/mol. The van der Waals surface area contributed by atoms with Gasteiger partial charge in [-0.15, -0.1) is 0 Å². The monoisotopic (exact) mass is 299 g/mol. The zero-order valence-corrected chi connectivity index (χ0v) is 14.5. The zero-order chi connectivity index (χ0) is 16.6. The number of hydroxylamine groups is 2. The van der Waals surface area contributed by atoms with Crippen LogP contribution in [0.1, 0.15) is 54.9 Å². The van der Waals surface area contributed by atoms with E-state index in [1.54, 1.807) is 7.11 Å². The molecular weight excluding hydrogens is 270 g/mol. The predicted molar refractivity (Wildman–Crippen MR) is 80.5 cm³/mol. The Bertz CT molecular complexity index is 395. The molecule has 122 valence electrons. The minimum absolute atomic E-state index is 0.0800. The molecule has 1 aliphatic rings. The number of hydrogen-bond donors (Lipinski definition) is 0. The first kappa shape index (κ1) is 18.1. The molecule has 21 heavy (non-hydrogen) atoms. The van der Waals surface area contributed by atoms with Crippen LogP contribution in [0, 0.1) is 11.8 Å². The highest BCUT2D eigenvalue weighted by Gasteiger charge is 2.56. The van der Waals surface area contributed by atoms with Crippen molar-refractivity contribution in [1.29, 1.82) is 0 Å². The summed E-state index contributed by atoms with van der Waals surface area (Å²) in [6.45, 7) is 13.9. The summed E-state index contributed by atoms with van der Waals surface area (Å²) in [5.74, 6) is -0.454. The van der Waals surface area contributed by atoms with E-state index in [1.807, 2.05) is 5.06 Å². The van der Waals surface area contributed by atoms with Crippen molar-refractivity contribution in [3.63, 3.8) is 0 Å². The van der Waals surface area contributed by atoms with Crippen LogP contribution in [0.5, 0.6) is 0 Å². The Labute approximate surface area is 127 Å². The van der Waals surface area contributed by atoms with E-state index in [0.717, 1.165) is 0 Å². The van der Waals surface area contributed by atoms with Crippen LogP contribution in [0.15, 0.2) is 0 Å². The van der Waals surface area contributed by atoms with Crippen molar-refractivity contribution in [3.05, 3.63) is 0 Å². The Morgan fingerprint density at radius 1 is 1.05 bits per heavy atom. The van der Waals surface area contributed by atoms with Gasteiger partial charge in [-0.25, -0.2) is 0 Å². The predicted octanol–water partition coefficient (Wildman–Crippen LogP) is 2.58. The van der Waals surface area contributed by atoms with Crippen LogP contribution in [-0.4, -0.2) is 41.1 Å². The highest BCUT2D eigenvalue weighted by molar-refractivity contribution is 5.94. The fourth-order valence-corrected chi connectivity index (χ4v) is 3.42. The van der Waals surface area contributed by atoms with E-state index < -0.39 is 5.97 Å². The molecule has 0 aromatic rings. The van der Waals surface area contributed by atoms with Gasteiger partial charge in [-0.3, -0.25) is 9.59 Å². The zero-order valence-electron chi connectivity index (χ0n) is 14.5. The second kappa shape index (κ2) is 6.05. The van der Waals surface area contributed by atoms with Crippen molar-refractivity contribution >= 4 is 11.8 Å². The molecule has 5 nitrogen and oxygen atoms in total. The first-order valence-corrected chi connectivity index (χ1v) is 7.49. The molecule has 0 bridgehead atoms. The van der Waals surface area contributed by atoms with Gasteiger partial charge < -0.3 is 9.57 Å². The topological polar surface area (TPSA) is 55.8 Å². The molecule has 0 spiro atoms. The number of piperidine rings is 1. The van der Waals surface area contributed by atoms with Crippen LogP contribution < -0.4 is 0 Å². The molecule has 0 amide bonds. The van der Waals surface area contributed by atoms with Crippen LogP contribution in [-0.2, 0) is 19.2 Å².